The molecule has 1 fully saturated rings. The van der Waals surface area contributed by atoms with Gasteiger partial charge < -0.3 is 14.8 Å². The Bertz CT molecular complexity index is 484. The summed E-state index contributed by atoms with van der Waals surface area (Å²) >= 11 is 0. The lowest BCUT2D eigenvalue weighted by Gasteiger charge is -2.19. The summed E-state index contributed by atoms with van der Waals surface area (Å²) in [5.41, 5.74) is 2.55. The minimum atomic E-state index is -0.0633. The molecule has 0 aliphatic carbocycles. The van der Waals surface area contributed by atoms with Crippen LogP contribution < -0.4 is 10.1 Å². The Balaban J connectivity index is 1.60. The van der Waals surface area contributed by atoms with E-state index in [1.807, 2.05) is 0 Å². The number of hydrogen-bond acceptors (Lipinski definition) is 3. The van der Waals surface area contributed by atoms with Gasteiger partial charge >= 0.3 is 0 Å². The van der Waals surface area contributed by atoms with Crippen molar-refractivity contribution < 1.29 is 9.47 Å². The highest BCUT2D eigenvalue weighted by Crippen LogP contribution is 2.37. The van der Waals surface area contributed by atoms with Crippen molar-refractivity contribution in [2.24, 2.45) is 5.92 Å². The van der Waals surface area contributed by atoms with E-state index in [2.05, 4.69) is 44.3 Å². The molecule has 0 saturated carbocycles. The summed E-state index contributed by atoms with van der Waals surface area (Å²) in [6.45, 7) is 9.29. The fourth-order valence-electron chi connectivity index (χ4n) is 3.25. The molecule has 1 N–H and O–H groups in total. The summed E-state index contributed by atoms with van der Waals surface area (Å²) in [6.07, 6.45) is 2.56. The van der Waals surface area contributed by atoms with Crippen LogP contribution in [0.4, 0.5) is 0 Å². The summed E-state index contributed by atoms with van der Waals surface area (Å²) in [5, 5.41) is 3.57. The molecule has 2 heterocycles. The molecule has 3 heteroatoms. The van der Waals surface area contributed by atoms with Crippen molar-refractivity contribution in [3.8, 4) is 5.75 Å². The Morgan fingerprint density at radius 3 is 2.95 bits per heavy atom. The monoisotopic (exact) mass is 275 g/mol. The van der Waals surface area contributed by atoms with Gasteiger partial charge in [-0.25, -0.2) is 0 Å². The Labute approximate surface area is 121 Å². The standard InChI is InChI=1S/C17H25NO2/c1-12-14(7-8-19-12)10-18-11-15-6-4-5-13-9-17(2,3)20-16(13)15/h4-6,12,14,18H,7-11H2,1-3H3. The first kappa shape index (κ1) is 13.9. The van der Waals surface area contributed by atoms with Crippen LogP contribution in [0.5, 0.6) is 5.75 Å². The van der Waals surface area contributed by atoms with Crippen LogP contribution in [0.3, 0.4) is 0 Å². The van der Waals surface area contributed by atoms with Gasteiger partial charge in [-0.1, -0.05) is 18.2 Å². The number of benzene rings is 1. The molecule has 0 aromatic heterocycles. The summed E-state index contributed by atoms with van der Waals surface area (Å²) in [4.78, 5) is 0. The van der Waals surface area contributed by atoms with Crippen LogP contribution in [0.25, 0.3) is 0 Å². The molecule has 1 aromatic rings. The minimum absolute atomic E-state index is 0.0633. The lowest BCUT2D eigenvalue weighted by molar-refractivity contribution is 0.105. The van der Waals surface area contributed by atoms with Crippen LogP contribution in [0.1, 0.15) is 38.3 Å². The molecule has 0 spiro atoms. The molecule has 1 aromatic carbocycles. The molecule has 0 radical (unpaired) electrons. The second kappa shape index (κ2) is 5.38. The van der Waals surface area contributed by atoms with Crippen LogP contribution in [0.2, 0.25) is 0 Å². The molecule has 1 saturated heterocycles. The van der Waals surface area contributed by atoms with E-state index in [4.69, 9.17) is 9.47 Å². The lowest BCUT2D eigenvalue weighted by atomic mass is 10.00. The van der Waals surface area contributed by atoms with Gasteiger partial charge in [0.25, 0.3) is 0 Å². The summed E-state index contributed by atoms with van der Waals surface area (Å²) < 4.78 is 11.7. The third-order valence-electron chi connectivity index (χ3n) is 4.43. The van der Waals surface area contributed by atoms with E-state index in [9.17, 15) is 0 Å². The van der Waals surface area contributed by atoms with Gasteiger partial charge in [0.15, 0.2) is 0 Å². The minimum Gasteiger partial charge on any atom is -0.487 e. The number of fused-ring (bicyclic) bond motifs is 1. The van der Waals surface area contributed by atoms with Crippen LogP contribution >= 0.6 is 0 Å². The van der Waals surface area contributed by atoms with Gasteiger partial charge in [0.05, 0.1) is 6.10 Å². The van der Waals surface area contributed by atoms with E-state index in [0.29, 0.717) is 12.0 Å². The van der Waals surface area contributed by atoms with E-state index >= 15 is 0 Å². The zero-order valence-corrected chi connectivity index (χ0v) is 12.7. The second-order valence-corrected chi connectivity index (χ2v) is 6.70. The van der Waals surface area contributed by atoms with Gasteiger partial charge in [-0.2, -0.15) is 0 Å². The highest BCUT2D eigenvalue weighted by Gasteiger charge is 2.31. The predicted molar refractivity (Wildman–Crippen MR) is 80.1 cm³/mol. The largest absolute Gasteiger partial charge is 0.487 e. The molecule has 2 unspecified atom stereocenters. The lowest BCUT2D eigenvalue weighted by Crippen LogP contribution is -2.27. The summed E-state index contributed by atoms with van der Waals surface area (Å²) in [7, 11) is 0. The topological polar surface area (TPSA) is 30.5 Å². The van der Waals surface area contributed by atoms with Crippen LogP contribution in [0, 0.1) is 5.92 Å². The average Bonchev–Trinajstić information content (AvgIpc) is 2.92. The Morgan fingerprint density at radius 1 is 1.35 bits per heavy atom. The number of nitrogens with one attached hydrogen (secondary N) is 1. The van der Waals surface area contributed by atoms with E-state index in [0.717, 1.165) is 31.9 Å². The van der Waals surface area contributed by atoms with Crippen molar-refractivity contribution >= 4 is 0 Å². The van der Waals surface area contributed by atoms with Gasteiger partial charge in [-0.15, -0.1) is 0 Å². The Morgan fingerprint density at radius 2 is 2.20 bits per heavy atom. The van der Waals surface area contributed by atoms with E-state index < -0.39 is 0 Å². The Kier molecular flexibility index (Phi) is 3.74. The van der Waals surface area contributed by atoms with Crippen LogP contribution in [-0.4, -0.2) is 24.9 Å². The average molecular weight is 275 g/mol. The first-order valence-electron chi connectivity index (χ1n) is 7.67. The smallest absolute Gasteiger partial charge is 0.127 e. The molecule has 110 valence electrons. The summed E-state index contributed by atoms with van der Waals surface area (Å²) in [5.74, 6) is 1.74. The molecular formula is C17H25NO2. The first-order valence-corrected chi connectivity index (χ1v) is 7.67. The van der Waals surface area contributed by atoms with Crippen molar-refractivity contribution in [1.29, 1.82) is 0 Å². The van der Waals surface area contributed by atoms with Crippen molar-refractivity contribution in [3.05, 3.63) is 29.3 Å². The highest BCUT2D eigenvalue weighted by atomic mass is 16.5. The quantitative estimate of drug-likeness (QED) is 0.916. The normalized spacial score (nSPS) is 27.4. The maximum Gasteiger partial charge on any atom is 0.127 e. The molecule has 0 bridgehead atoms. The van der Waals surface area contributed by atoms with E-state index in [-0.39, 0.29) is 5.60 Å². The van der Waals surface area contributed by atoms with Crippen molar-refractivity contribution in [2.45, 2.75) is 51.9 Å². The molecule has 2 aliphatic heterocycles. The second-order valence-electron chi connectivity index (χ2n) is 6.70. The molecular weight excluding hydrogens is 250 g/mol. The summed E-state index contributed by atoms with van der Waals surface area (Å²) in [6, 6.07) is 6.49. The van der Waals surface area contributed by atoms with E-state index in [1.54, 1.807) is 0 Å². The Hall–Kier alpha value is -1.06. The fraction of sp³-hybridized carbons (Fsp3) is 0.647. The van der Waals surface area contributed by atoms with Crippen LogP contribution in [-0.2, 0) is 17.7 Å². The molecule has 3 nitrogen and oxygen atoms in total. The zero-order valence-electron chi connectivity index (χ0n) is 12.7. The molecule has 3 rings (SSSR count). The van der Waals surface area contributed by atoms with Gasteiger partial charge in [0.2, 0.25) is 0 Å². The maximum absolute atomic E-state index is 6.10. The van der Waals surface area contributed by atoms with Gasteiger partial charge in [-0.3, -0.25) is 0 Å². The maximum atomic E-state index is 6.10. The molecule has 0 amide bonds. The van der Waals surface area contributed by atoms with Crippen molar-refractivity contribution in [1.82, 2.24) is 5.32 Å². The molecule has 2 aliphatic rings. The first-order chi connectivity index (χ1) is 9.55. The zero-order chi connectivity index (χ0) is 14.2. The van der Waals surface area contributed by atoms with Gasteiger partial charge in [0, 0.05) is 31.7 Å². The van der Waals surface area contributed by atoms with Crippen molar-refractivity contribution in [3.63, 3.8) is 0 Å². The van der Waals surface area contributed by atoms with Gasteiger partial charge in [-0.05, 0) is 38.7 Å². The number of para-hydroxylation sites is 1. The SMILES string of the molecule is CC1OCCC1CNCc1cccc2c1OC(C)(C)C2. The van der Waals surface area contributed by atoms with Gasteiger partial charge in [0.1, 0.15) is 11.4 Å². The third kappa shape index (κ3) is 2.84. The fourth-order valence-corrected chi connectivity index (χ4v) is 3.25. The van der Waals surface area contributed by atoms with Crippen LogP contribution in [0.15, 0.2) is 18.2 Å². The number of hydrogen-bond donors (Lipinski definition) is 1. The third-order valence-corrected chi connectivity index (χ3v) is 4.43. The number of ether oxygens (including phenoxy) is 2. The molecule has 2 atom stereocenters. The number of rotatable bonds is 4. The highest BCUT2D eigenvalue weighted by molar-refractivity contribution is 5.45. The van der Waals surface area contributed by atoms with Crippen molar-refractivity contribution in [2.75, 3.05) is 13.2 Å². The van der Waals surface area contributed by atoms with E-state index in [1.165, 1.54) is 17.5 Å². The predicted octanol–water partition coefficient (Wildman–Crippen LogP) is 2.91. The molecule has 20 heavy (non-hydrogen) atoms.